The molecule has 1 atom stereocenters. The van der Waals surface area contributed by atoms with E-state index in [9.17, 15) is 4.79 Å². The van der Waals surface area contributed by atoms with Gasteiger partial charge in [-0.1, -0.05) is 36.4 Å². The lowest BCUT2D eigenvalue weighted by molar-refractivity contribution is 0.0655. The highest BCUT2D eigenvalue weighted by molar-refractivity contribution is 5.94. The number of rotatable bonds is 4. The van der Waals surface area contributed by atoms with E-state index in [4.69, 9.17) is 4.74 Å². The third-order valence-electron chi connectivity index (χ3n) is 4.09. The van der Waals surface area contributed by atoms with Gasteiger partial charge >= 0.3 is 0 Å². The van der Waals surface area contributed by atoms with Crippen LogP contribution in [0.5, 0.6) is 5.75 Å². The van der Waals surface area contributed by atoms with Gasteiger partial charge in [-0.2, -0.15) is 0 Å². The zero-order valence-electron chi connectivity index (χ0n) is 13.4. The monoisotopic (exact) mass is 310 g/mol. The summed E-state index contributed by atoms with van der Waals surface area (Å²) in [6, 6.07) is 17.7. The molecule has 0 saturated carbocycles. The number of carbonyl (C=O) groups is 1. The van der Waals surface area contributed by atoms with E-state index in [2.05, 4.69) is 12.2 Å². The van der Waals surface area contributed by atoms with Gasteiger partial charge in [0, 0.05) is 31.2 Å². The van der Waals surface area contributed by atoms with E-state index in [0.29, 0.717) is 12.2 Å². The molecule has 2 aromatic rings. The van der Waals surface area contributed by atoms with E-state index in [0.717, 1.165) is 30.9 Å². The molecule has 4 heteroatoms. The summed E-state index contributed by atoms with van der Waals surface area (Å²) >= 11 is 0. The van der Waals surface area contributed by atoms with Crippen molar-refractivity contribution in [2.24, 2.45) is 0 Å². The van der Waals surface area contributed by atoms with Gasteiger partial charge in [0.1, 0.15) is 12.4 Å². The summed E-state index contributed by atoms with van der Waals surface area (Å²) in [7, 11) is 0. The third-order valence-corrected chi connectivity index (χ3v) is 4.09. The first-order valence-electron chi connectivity index (χ1n) is 8.02. The van der Waals surface area contributed by atoms with Crippen LogP contribution in [0.1, 0.15) is 22.8 Å². The third kappa shape index (κ3) is 3.90. The Morgan fingerprint density at radius 2 is 2.04 bits per heavy atom. The van der Waals surface area contributed by atoms with E-state index in [-0.39, 0.29) is 11.9 Å². The first-order valence-corrected chi connectivity index (χ1v) is 8.02. The van der Waals surface area contributed by atoms with Crippen LogP contribution in [0.4, 0.5) is 0 Å². The van der Waals surface area contributed by atoms with Crippen molar-refractivity contribution >= 4 is 5.91 Å². The van der Waals surface area contributed by atoms with Crippen molar-refractivity contribution in [2.45, 2.75) is 19.6 Å². The fourth-order valence-electron chi connectivity index (χ4n) is 2.77. The van der Waals surface area contributed by atoms with Crippen molar-refractivity contribution in [3.05, 3.63) is 65.7 Å². The molecule has 4 nitrogen and oxygen atoms in total. The lowest BCUT2D eigenvalue weighted by Gasteiger charge is -2.34. The van der Waals surface area contributed by atoms with Crippen LogP contribution in [-0.2, 0) is 6.61 Å². The Morgan fingerprint density at radius 1 is 1.22 bits per heavy atom. The molecule has 0 bridgehead atoms. The maximum absolute atomic E-state index is 12.7. The molecule has 1 unspecified atom stereocenters. The minimum Gasteiger partial charge on any atom is -0.489 e. The molecule has 2 aromatic carbocycles. The lowest BCUT2D eigenvalue weighted by Crippen LogP contribution is -2.52. The summed E-state index contributed by atoms with van der Waals surface area (Å²) < 4.78 is 5.81. The van der Waals surface area contributed by atoms with Crippen LogP contribution in [0, 0.1) is 0 Å². The second-order valence-electron chi connectivity index (χ2n) is 5.85. The fraction of sp³-hybridized carbons (Fsp3) is 0.316. The summed E-state index contributed by atoms with van der Waals surface area (Å²) in [6.45, 7) is 5.01. The number of ether oxygens (including phenoxy) is 1. The first kappa shape index (κ1) is 15.6. The molecule has 0 aromatic heterocycles. The predicted octanol–water partition coefficient (Wildman–Crippen LogP) is 2.70. The Hall–Kier alpha value is -2.33. The maximum atomic E-state index is 12.7. The van der Waals surface area contributed by atoms with Gasteiger partial charge in [-0.25, -0.2) is 0 Å². The van der Waals surface area contributed by atoms with Crippen molar-refractivity contribution in [1.82, 2.24) is 10.2 Å². The minimum atomic E-state index is 0.0733. The number of hydrogen-bond donors (Lipinski definition) is 1. The quantitative estimate of drug-likeness (QED) is 0.944. The van der Waals surface area contributed by atoms with Crippen LogP contribution in [0.15, 0.2) is 54.6 Å². The van der Waals surface area contributed by atoms with Crippen LogP contribution in [0.2, 0.25) is 0 Å². The zero-order valence-corrected chi connectivity index (χ0v) is 13.4. The molecule has 120 valence electrons. The highest BCUT2D eigenvalue weighted by Crippen LogP contribution is 2.18. The number of nitrogens with zero attached hydrogens (tertiary/aromatic N) is 1. The molecule has 1 N–H and O–H groups in total. The fourth-order valence-corrected chi connectivity index (χ4v) is 2.77. The van der Waals surface area contributed by atoms with Gasteiger partial charge < -0.3 is 15.0 Å². The molecular formula is C19H22N2O2. The molecule has 1 aliphatic heterocycles. The minimum absolute atomic E-state index is 0.0733. The molecule has 1 aliphatic rings. The molecule has 0 radical (unpaired) electrons. The summed E-state index contributed by atoms with van der Waals surface area (Å²) in [5.41, 5.74) is 1.80. The number of piperazine rings is 1. The van der Waals surface area contributed by atoms with Crippen LogP contribution in [0.25, 0.3) is 0 Å². The highest BCUT2D eigenvalue weighted by Gasteiger charge is 2.24. The van der Waals surface area contributed by atoms with Crippen molar-refractivity contribution < 1.29 is 9.53 Å². The van der Waals surface area contributed by atoms with E-state index < -0.39 is 0 Å². The van der Waals surface area contributed by atoms with E-state index >= 15 is 0 Å². The van der Waals surface area contributed by atoms with Gasteiger partial charge in [-0.3, -0.25) is 4.79 Å². The number of carbonyl (C=O) groups excluding carboxylic acids is 1. The van der Waals surface area contributed by atoms with Crippen molar-refractivity contribution in [3.63, 3.8) is 0 Å². The van der Waals surface area contributed by atoms with Gasteiger partial charge in [-0.15, -0.1) is 0 Å². The summed E-state index contributed by atoms with van der Waals surface area (Å²) in [5, 5.41) is 3.30. The van der Waals surface area contributed by atoms with Gasteiger partial charge in [0.15, 0.2) is 0 Å². The number of benzene rings is 2. The Labute approximate surface area is 137 Å². The second kappa shape index (κ2) is 7.29. The van der Waals surface area contributed by atoms with Gasteiger partial charge in [0.2, 0.25) is 0 Å². The van der Waals surface area contributed by atoms with Gasteiger partial charge in [0.25, 0.3) is 5.91 Å². The largest absolute Gasteiger partial charge is 0.489 e. The summed E-state index contributed by atoms with van der Waals surface area (Å²) in [4.78, 5) is 14.6. The average molecular weight is 310 g/mol. The SMILES string of the molecule is CC1CNCCN1C(=O)c1cccc(OCc2ccccc2)c1. The molecule has 1 amide bonds. The van der Waals surface area contributed by atoms with Crippen molar-refractivity contribution in [3.8, 4) is 5.75 Å². The molecule has 1 fully saturated rings. The van der Waals surface area contributed by atoms with E-state index in [1.54, 1.807) is 0 Å². The Kier molecular flexibility index (Phi) is 4.93. The summed E-state index contributed by atoms with van der Waals surface area (Å²) in [6.07, 6.45) is 0. The zero-order chi connectivity index (χ0) is 16.1. The van der Waals surface area contributed by atoms with Gasteiger partial charge in [0.05, 0.1) is 0 Å². The van der Waals surface area contributed by atoms with Crippen molar-refractivity contribution in [2.75, 3.05) is 19.6 Å². The molecule has 0 aliphatic carbocycles. The topological polar surface area (TPSA) is 41.6 Å². The molecule has 23 heavy (non-hydrogen) atoms. The molecule has 0 spiro atoms. The number of amides is 1. The second-order valence-corrected chi connectivity index (χ2v) is 5.85. The Bertz CT molecular complexity index is 657. The van der Waals surface area contributed by atoms with Crippen LogP contribution in [0.3, 0.4) is 0 Å². The Morgan fingerprint density at radius 3 is 2.83 bits per heavy atom. The predicted molar refractivity (Wildman–Crippen MR) is 90.6 cm³/mol. The van der Waals surface area contributed by atoms with Crippen LogP contribution in [-0.4, -0.2) is 36.5 Å². The molecule has 1 saturated heterocycles. The number of hydrogen-bond acceptors (Lipinski definition) is 3. The smallest absolute Gasteiger partial charge is 0.254 e. The summed E-state index contributed by atoms with van der Waals surface area (Å²) in [5.74, 6) is 0.798. The molecule has 1 heterocycles. The lowest BCUT2D eigenvalue weighted by atomic mass is 10.1. The average Bonchev–Trinajstić information content (AvgIpc) is 2.61. The van der Waals surface area contributed by atoms with Crippen LogP contribution < -0.4 is 10.1 Å². The van der Waals surface area contributed by atoms with E-state index in [1.165, 1.54) is 0 Å². The van der Waals surface area contributed by atoms with Crippen LogP contribution >= 0.6 is 0 Å². The maximum Gasteiger partial charge on any atom is 0.254 e. The van der Waals surface area contributed by atoms with Crippen molar-refractivity contribution in [1.29, 1.82) is 0 Å². The Balaban J connectivity index is 1.68. The van der Waals surface area contributed by atoms with E-state index in [1.807, 2.05) is 59.5 Å². The molecule has 3 rings (SSSR count). The normalized spacial score (nSPS) is 17.8. The van der Waals surface area contributed by atoms with Gasteiger partial charge in [-0.05, 0) is 30.7 Å². The highest BCUT2D eigenvalue weighted by atomic mass is 16.5. The first-order chi connectivity index (χ1) is 11.2. The standard InChI is InChI=1S/C19H22N2O2/c1-15-13-20-10-11-21(15)19(22)17-8-5-9-18(12-17)23-14-16-6-3-2-4-7-16/h2-9,12,15,20H,10-11,13-14H2,1H3. The molecular weight excluding hydrogens is 288 g/mol. The number of nitrogens with one attached hydrogen (secondary N) is 1.